The van der Waals surface area contributed by atoms with E-state index in [9.17, 15) is 4.79 Å². The first-order valence-electron chi connectivity index (χ1n) is 6.86. The zero-order valence-corrected chi connectivity index (χ0v) is 11.6. The van der Waals surface area contributed by atoms with Gasteiger partial charge in [-0.15, -0.1) is 0 Å². The number of carbonyl (C=O) groups excluding carboxylic acids is 1. The van der Waals surface area contributed by atoms with Crippen molar-refractivity contribution in [3.8, 4) is 0 Å². The molecule has 0 aliphatic heterocycles. The Labute approximate surface area is 115 Å². The van der Waals surface area contributed by atoms with Crippen LogP contribution in [0.3, 0.4) is 0 Å². The van der Waals surface area contributed by atoms with E-state index in [4.69, 9.17) is 0 Å². The van der Waals surface area contributed by atoms with Crippen LogP contribution in [0.25, 0.3) is 0 Å². The number of ketones is 1. The predicted octanol–water partition coefficient (Wildman–Crippen LogP) is 4.37. The molecule has 2 aromatic rings. The van der Waals surface area contributed by atoms with E-state index in [0.29, 0.717) is 6.42 Å². The first kappa shape index (κ1) is 13.5. The van der Waals surface area contributed by atoms with E-state index in [-0.39, 0.29) is 5.78 Å². The lowest BCUT2D eigenvalue weighted by Gasteiger charge is -2.05. The second kappa shape index (κ2) is 6.33. The number of hydrogen-bond donors (Lipinski definition) is 0. The largest absolute Gasteiger partial charge is 0.294 e. The minimum absolute atomic E-state index is 0.196. The molecule has 0 heterocycles. The van der Waals surface area contributed by atoms with Gasteiger partial charge in [0.05, 0.1) is 0 Å². The Morgan fingerprint density at radius 2 is 1.74 bits per heavy atom. The van der Waals surface area contributed by atoms with Crippen LogP contribution in [0.15, 0.2) is 48.5 Å². The van der Waals surface area contributed by atoms with E-state index in [0.717, 1.165) is 24.0 Å². The predicted molar refractivity (Wildman–Crippen MR) is 79.7 cm³/mol. The van der Waals surface area contributed by atoms with Gasteiger partial charge in [-0.25, -0.2) is 0 Å². The van der Waals surface area contributed by atoms with Gasteiger partial charge in [-0.2, -0.15) is 0 Å². The number of aryl methyl sites for hydroxylation is 2. The van der Waals surface area contributed by atoms with Gasteiger partial charge < -0.3 is 0 Å². The van der Waals surface area contributed by atoms with Crippen LogP contribution in [0, 0.1) is 6.92 Å². The molecule has 0 bridgehead atoms. The van der Waals surface area contributed by atoms with E-state index in [1.807, 2.05) is 30.3 Å². The maximum Gasteiger partial charge on any atom is 0.167 e. The molecule has 0 aliphatic rings. The molecule has 2 aromatic carbocycles. The topological polar surface area (TPSA) is 17.1 Å². The highest BCUT2D eigenvalue weighted by atomic mass is 16.1. The van der Waals surface area contributed by atoms with Crippen molar-refractivity contribution in [1.29, 1.82) is 0 Å². The van der Waals surface area contributed by atoms with Crippen molar-refractivity contribution in [2.75, 3.05) is 0 Å². The van der Waals surface area contributed by atoms with Crippen molar-refractivity contribution in [2.24, 2.45) is 0 Å². The fourth-order valence-electron chi connectivity index (χ4n) is 2.18. The van der Waals surface area contributed by atoms with Crippen LogP contribution < -0.4 is 0 Å². The van der Waals surface area contributed by atoms with Crippen molar-refractivity contribution in [3.05, 3.63) is 70.8 Å². The summed E-state index contributed by atoms with van der Waals surface area (Å²) >= 11 is 0. The number of rotatable bonds is 5. The normalized spacial score (nSPS) is 10.4. The number of benzene rings is 2. The zero-order valence-electron chi connectivity index (χ0n) is 11.6. The van der Waals surface area contributed by atoms with Gasteiger partial charge in [0.1, 0.15) is 0 Å². The highest BCUT2D eigenvalue weighted by Gasteiger charge is 2.07. The molecular weight excluding hydrogens is 232 g/mol. The van der Waals surface area contributed by atoms with Gasteiger partial charge >= 0.3 is 0 Å². The van der Waals surface area contributed by atoms with Crippen LogP contribution in [0.1, 0.15) is 40.4 Å². The third-order valence-corrected chi connectivity index (χ3v) is 3.27. The Morgan fingerprint density at radius 3 is 2.42 bits per heavy atom. The minimum Gasteiger partial charge on any atom is -0.294 e. The smallest absolute Gasteiger partial charge is 0.167 e. The van der Waals surface area contributed by atoms with Gasteiger partial charge in [0.25, 0.3) is 0 Å². The fraction of sp³-hybridized carbons (Fsp3) is 0.278. The lowest BCUT2D eigenvalue weighted by molar-refractivity contribution is 0.0993. The highest BCUT2D eigenvalue weighted by Crippen LogP contribution is 2.12. The number of carbonyl (C=O) groups is 1. The average Bonchev–Trinajstić information content (AvgIpc) is 2.42. The van der Waals surface area contributed by atoms with Gasteiger partial charge in [0.15, 0.2) is 5.78 Å². The van der Waals surface area contributed by atoms with Gasteiger partial charge in [0, 0.05) is 12.0 Å². The maximum atomic E-state index is 12.3. The molecule has 0 saturated heterocycles. The fourth-order valence-corrected chi connectivity index (χ4v) is 2.18. The molecule has 98 valence electrons. The van der Waals surface area contributed by atoms with Crippen LogP contribution in [0.2, 0.25) is 0 Å². The van der Waals surface area contributed by atoms with E-state index in [2.05, 4.69) is 32.0 Å². The van der Waals surface area contributed by atoms with Crippen molar-refractivity contribution in [1.82, 2.24) is 0 Å². The molecule has 1 nitrogen and oxygen atoms in total. The Balaban J connectivity index is 2.11. The van der Waals surface area contributed by atoms with Crippen LogP contribution >= 0.6 is 0 Å². The molecule has 19 heavy (non-hydrogen) atoms. The third-order valence-electron chi connectivity index (χ3n) is 3.27. The summed E-state index contributed by atoms with van der Waals surface area (Å²) in [5.41, 5.74) is 4.38. The van der Waals surface area contributed by atoms with Crippen LogP contribution in [-0.4, -0.2) is 5.78 Å². The molecule has 0 aliphatic carbocycles. The number of Topliss-reactive ketones (excluding diaryl/α,β-unsaturated/α-hetero) is 1. The minimum atomic E-state index is 0.196. The average molecular weight is 252 g/mol. The molecule has 0 saturated carbocycles. The zero-order chi connectivity index (χ0) is 13.7. The van der Waals surface area contributed by atoms with Crippen LogP contribution in [0.4, 0.5) is 0 Å². The lowest BCUT2D eigenvalue weighted by Crippen LogP contribution is -2.04. The first-order valence-corrected chi connectivity index (χ1v) is 6.86. The monoisotopic (exact) mass is 252 g/mol. The quantitative estimate of drug-likeness (QED) is 0.722. The molecule has 0 atom stereocenters. The van der Waals surface area contributed by atoms with E-state index < -0.39 is 0 Å². The summed E-state index contributed by atoms with van der Waals surface area (Å²) in [7, 11) is 0. The van der Waals surface area contributed by atoms with Crippen molar-refractivity contribution in [2.45, 2.75) is 33.1 Å². The second-order valence-electron chi connectivity index (χ2n) is 5.04. The summed E-state index contributed by atoms with van der Waals surface area (Å²) in [5, 5.41) is 0. The van der Waals surface area contributed by atoms with Crippen molar-refractivity contribution < 1.29 is 4.79 Å². The Hall–Kier alpha value is -1.89. The van der Waals surface area contributed by atoms with Crippen LogP contribution in [0.5, 0.6) is 0 Å². The number of hydrogen-bond acceptors (Lipinski definition) is 1. The summed E-state index contributed by atoms with van der Waals surface area (Å²) in [6.45, 7) is 4.21. The molecule has 1 heteroatoms. The highest BCUT2D eigenvalue weighted by molar-refractivity contribution is 5.97. The van der Waals surface area contributed by atoms with Gasteiger partial charge in [-0.3, -0.25) is 4.79 Å². The lowest BCUT2D eigenvalue weighted by atomic mass is 9.99. The summed E-state index contributed by atoms with van der Waals surface area (Å²) in [4.78, 5) is 12.3. The molecule has 0 radical (unpaired) electrons. The Bertz CT molecular complexity index is 552. The molecular formula is C18H20O. The van der Waals surface area contributed by atoms with Crippen LogP contribution in [-0.2, 0) is 12.8 Å². The van der Waals surface area contributed by atoms with E-state index in [1.165, 1.54) is 11.1 Å². The van der Waals surface area contributed by atoms with Crippen molar-refractivity contribution in [3.63, 3.8) is 0 Å². The SMILES string of the molecule is CCCc1cccc(C(=O)Cc2ccc(C)cc2)c1. The third kappa shape index (κ3) is 3.78. The van der Waals surface area contributed by atoms with Gasteiger partial charge in [-0.05, 0) is 30.5 Å². The molecule has 0 fully saturated rings. The summed E-state index contributed by atoms with van der Waals surface area (Å²) in [6.07, 6.45) is 2.62. The Kier molecular flexibility index (Phi) is 4.51. The Morgan fingerprint density at radius 1 is 1.00 bits per heavy atom. The summed E-state index contributed by atoms with van der Waals surface area (Å²) < 4.78 is 0. The first-order chi connectivity index (χ1) is 9.19. The second-order valence-corrected chi connectivity index (χ2v) is 5.04. The molecule has 0 amide bonds. The van der Waals surface area contributed by atoms with E-state index >= 15 is 0 Å². The van der Waals surface area contributed by atoms with Gasteiger partial charge in [-0.1, -0.05) is 61.4 Å². The summed E-state index contributed by atoms with van der Waals surface area (Å²) in [6, 6.07) is 16.2. The van der Waals surface area contributed by atoms with Gasteiger partial charge in [0.2, 0.25) is 0 Å². The maximum absolute atomic E-state index is 12.3. The molecule has 0 spiro atoms. The molecule has 2 rings (SSSR count). The molecule has 0 N–H and O–H groups in total. The summed E-state index contributed by atoms with van der Waals surface area (Å²) in [5.74, 6) is 0.196. The molecule has 0 unspecified atom stereocenters. The van der Waals surface area contributed by atoms with E-state index in [1.54, 1.807) is 0 Å². The standard InChI is InChI=1S/C18H20O/c1-3-5-15-6-4-7-17(12-15)18(19)13-16-10-8-14(2)9-11-16/h4,6-12H,3,5,13H2,1-2H3. The van der Waals surface area contributed by atoms with Crippen molar-refractivity contribution >= 4 is 5.78 Å². The molecule has 0 aromatic heterocycles.